The average Bonchev–Trinajstić information content (AvgIpc) is 2.69. The van der Waals surface area contributed by atoms with Gasteiger partial charge in [0.1, 0.15) is 0 Å². The second-order valence-electron chi connectivity index (χ2n) is 9.13. The van der Waals surface area contributed by atoms with Gasteiger partial charge in [-0.25, -0.2) is 0 Å². The SMILES string of the molecule is CCCCc1ccc([C@H]2CC[C@H](OCCC[SiH](OC(C)C)OC(C)C)CC2)cc1. The molecule has 1 aliphatic carbocycles. The van der Waals surface area contributed by atoms with E-state index in [0.29, 0.717) is 12.0 Å². The topological polar surface area (TPSA) is 27.7 Å². The predicted molar refractivity (Wildman–Crippen MR) is 125 cm³/mol. The molecule has 0 aliphatic heterocycles. The van der Waals surface area contributed by atoms with Crippen molar-refractivity contribution < 1.29 is 13.6 Å². The van der Waals surface area contributed by atoms with Gasteiger partial charge >= 0.3 is 9.28 Å². The summed E-state index contributed by atoms with van der Waals surface area (Å²) < 4.78 is 18.2. The van der Waals surface area contributed by atoms with E-state index in [-0.39, 0.29) is 12.2 Å². The Hall–Kier alpha value is -0.683. The summed E-state index contributed by atoms with van der Waals surface area (Å²) >= 11 is 0. The summed E-state index contributed by atoms with van der Waals surface area (Å²) in [4.78, 5) is 0. The first-order valence-electron chi connectivity index (χ1n) is 12.0. The van der Waals surface area contributed by atoms with Crippen molar-refractivity contribution in [3.63, 3.8) is 0 Å². The number of rotatable bonds is 13. The van der Waals surface area contributed by atoms with Crippen molar-refractivity contribution in [1.29, 1.82) is 0 Å². The molecule has 29 heavy (non-hydrogen) atoms. The van der Waals surface area contributed by atoms with Crippen molar-refractivity contribution in [3.8, 4) is 0 Å². The summed E-state index contributed by atoms with van der Waals surface area (Å²) in [5.74, 6) is 0.714. The van der Waals surface area contributed by atoms with Gasteiger partial charge in [0.15, 0.2) is 0 Å². The first-order chi connectivity index (χ1) is 14.0. The van der Waals surface area contributed by atoms with Gasteiger partial charge in [-0.1, -0.05) is 37.6 Å². The van der Waals surface area contributed by atoms with Crippen molar-refractivity contribution in [2.45, 2.75) is 116 Å². The highest BCUT2D eigenvalue weighted by atomic mass is 28.3. The fraction of sp³-hybridized carbons (Fsp3) is 0.760. The normalized spacial score (nSPS) is 20.1. The van der Waals surface area contributed by atoms with Crippen LogP contribution in [0, 0.1) is 0 Å². The van der Waals surface area contributed by atoms with Crippen LogP contribution in [-0.4, -0.2) is 34.2 Å². The summed E-state index contributed by atoms with van der Waals surface area (Å²) in [6, 6.07) is 10.4. The zero-order chi connectivity index (χ0) is 21.1. The molecule has 0 aromatic heterocycles. The highest BCUT2D eigenvalue weighted by molar-refractivity contribution is 6.44. The van der Waals surface area contributed by atoms with Crippen LogP contribution in [0.25, 0.3) is 0 Å². The van der Waals surface area contributed by atoms with E-state index < -0.39 is 9.28 Å². The predicted octanol–water partition coefficient (Wildman–Crippen LogP) is 6.53. The summed E-state index contributed by atoms with van der Waals surface area (Å²) in [6.07, 6.45) is 10.6. The molecule has 4 heteroatoms. The van der Waals surface area contributed by atoms with Gasteiger partial charge < -0.3 is 13.6 Å². The molecular weight excluding hydrogens is 376 g/mol. The molecule has 1 fully saturated rings. The Morgan fingerprint density at radius 3 is 2.07 bits per heavy atom. The number of hydrogen-bond donors (Lipinski definition) is 0. The smallest absolute Gasteiger partial charge is 0.321 e. The van der Waals surface area contributed by atoms with E-state index in [1.165, 1.54) is 56.1 Å². The Balaban J connectivity index is 1.65. The van der Waals surface area contributed by atoms with E-state index >= 15 is 0 Å². The molecule has 0 radical (unpaired) electrons. The maximum absolute atomic E-state index is 6.20. The highest BCUT2D eigenvalue weighted by Crippen LogP contribution is 2.34. The number of hydrogen-bond acceptors (Lipinski definition) is 3. The molecule has 0 heterocycles. The Labute approximate surface area is 181 Å². The van der Waals surface area contributed by atoms with Crippen LogP contribution < -0.4 is 0 Å². The summed E-state index contributed by atoms with van der Waals surface area (Å²) in [6.45, 7) is 11.5. The first-order valence-corrected chi connectivity index (χ1v) is 13.7. The van der Waals surface area contributed by atoms with Gasteiger partial charge in [0.05, 0.1) is 6.10 Å². The lowest BCUT2D eigenvalue weighted by Gasteiger charge is -2.29. The standard InChI is InChI=1S/C25H44O3Si/c1-6-7-9-22-10-12-23(13-11-22)24-14-16-25(17-15-24)26-18-8-19-29(27-20(2)3)28-21(4)5/h10-13,20-21,24-25,29H,6-9,14-19H2,1-5H3/t24-,25-. The van der Waals surface area contributed by atoms with Gasteiger partial charge in [-0.3, -0.25) is 0 Å². The second-order valence-corrected chi connectivity index (χ2v) is 11.1. The zero-order valence-electron chi connectivity index (χ0n) is 19.5. The second kappa shape index (κ2) is 13.6. The molecule has 0 unspecified atom stereocenters. The van der Waals surface area contributed by atoms with E-state index in [4.69, 9.17) is 13.6 Å². The minimum Gasteiger partial charge on any atom is -0.394 e. The van der Waals surface area contributed by atoms with Gasteiger partial charge in [-0.05, 0) is 95.7 Å². The van der Waals surface area contributed by atoms with Gasteiger partial charge in [-0.2, -0.15) is 0 Å². The van der Waals surface area contributed by atoms with Crippen LogP contribution in [0.3, 0.4) is 0 Å². The van der Waals surface area contributed by atoms with Crippen LogP contribution in [0.4, 0.5) is 0 Å². The molecule has 3 nitrogen and oxygen atoms in total. The Morgan fingerprint density at radius 1 is 0.897 bits per heavy atom. The van der Waals surface area contributed by atoms with E-state index in [2.05, 4.69) is 58.9 Å². The molecule has 0 spiro atoms. The summed E-state index contributed by atoms with van der Waals surface area (Å²) in [7, 11) is -1.57. The van der Waals surface area contributed by atoms with Gasteiger partial charge in [0.25, 0.3) is 0 Å². The maximum Gasteiger partial charge on any atom is 0.321 e. The number of unbranched alkanes of at least 4 members (excludes halogenated alkanes) is 1. The molecular formula is C25H44O3Si. The lowest BCUT2D eigenvalue weighted by Crippen LogP contribution is -2.30. The third-order valence-electron chi connectivity index (χ3n) is 5.73. The average molecular weight is 421 g/mol. The monoisotopic (exact) mass is 420 g/mol. The molecule has 0 atom stereocenters. The molecule has 0 N–H and O–H groups in total. The van der Waals surface area contributed by atoms with E-state index in [9.17, 15) is 0 Å². The van der Waals surface area contributed by atoms with Crippen LogP contribution in [-0.2, 0) is 20.0 Å². The van der Waals surface area contributed by atoms with E-state index in [1.54, 1.807) is 0 Å². The van der Waals surface area contributed by atoms with Gasteiger partial charge in [0, 0.05) is 18.8 Å². The lowest BCUT2D eigenvalue weighted by molar-refractivity contribution is 0.0237. The molecule has 0 amide bonds. The number of aryl methyl sites for hydroxylation is 1. The van der Waals surface area contributed by atoms with Crippen LogP contribution in [0.2, 0.25) is 6.04 Å². The van der Waals surface area contributed by atoms with Crippen molar-refractivity contribution in [3.05, 3.63) is 35.4 Å². The van der Waals surface area contributed by atoms with E-state index in [1.807, 2.05) is 0 Å². The van der Waals surface area contributed by atoms with Crippen molar-refractivity contribution >= 4 is 9.28 Å². The molecule has 1 aromatic carbocycles. The fourth-order valence-corrected chi connectivity index (χ4v) is 6.23. The molecule has 2 rings (SSSR count). The third kappa shape index (κ3) is 9.78. The fourth-order valence-electron chi connectivity index (χ4n) is 4.18. The van der Waals surface area contributed by atoms with Crippen LogP contribution in [0.1, 0.15) is 96.6 Å². The maximum atomic E-state index is 6.20. The van der Waals surface area contributed by atoms with Crippen molar-refractivity contribution in [2.24, 2.45) is 0 Å². The van der Waals surface area contributed by atoms with Crippen molar-refractivity contribution in [1.82, 2.24) is 0 Å². The Bertz CT molecular complexity index is 526. The first kappa shape index (κ1) is 24.6. The molecule has 1 saturated carbocycles. The molecule has 166 valence electrons. The van der Waals surface area contributed by atoms with Crippen LogP contribution >= 0.6 is 0 Å². The third-order valence-corrected chi connectivity index (χ3v) is 8.31. The number of benzene rings is 1. The lowest BCUT2D eigenvalue weighted by atomic mass is 9.82. The zero-order valence-corrected chi connectivity index (χ0v) is 20.6. The minimum atomic E-state index is -1.57. The number of ether oxygens (including phenoxy) is 1. The quantitative estimate of drug-likeness (QED) is 0.268. The summed E-state index contributed by atoms with van der Waals surface area (Å²) in [5, 5.41) is 0. The molecule has 1 aromatic rings. The summed E-state index contributed by atoms with van der Waals surface area (Å²) in [5.41, 5.74) is 3.01. The minimum absolute atomic E-state index is 0.252. The highest BCUT2D eigenvalue weighted by Gasteiger charge is 2.23. The largest absolute Gasteiger partial charge is 0.394 e. The Kier molecular flexibility index (Phi) is 11.5. The van der Waals surface area contributed by atoms with E-state index in [0.717, 1.165) is 19.1 Å². The molecule has 0 bridgehead atoms. The van der Waals surface area contributed by atoms with Gasteiger partial charge in [-0.15, -0.1) is 0 Å². The molecule has 1 aliphatic rings. The van der Waals surface area contributed by atoms with Crippen molar-refractivity contribution in [2.75, 3.05) is 6.61 Å². The molecule has 0 saturated heterocycles. The Morgan fingerprint density at radius 2 is 1.52 bits per heavy atom. The van der Waals surface area contributed by atoms with Gasteiger partial charge in [0.2, 0.25) is 0 Å². The van der Waals surface area contributed by atoms with Crippen LogP contribution in [0.15, 0.2) is 24.3 Å². The van der Waals surface area contributed by atoms with Crippen LogP contribution in [0.5, 0.6) is 0 Å².